The molecule has 0 aromatic rings. The van der Waals surface area contributed by atoms with Crippen LogP contribution in [0.5, 0.6) is 0 Å². The Morgan fingerprint density at radius 1 is 0.762 bits per heavy atom. The smallest absolute Gasteiger partial charge is 0.0266 e. The second-order valence-electron chi connectivity index (χ2n) is 9.63. The van der Waals surface area contributed by atoms with E-state index in [4.69, 9.17) is 0 Å². The Morgan fingerprint density at radius 2 is 1.57 bits per heavy atom. The van der Waals surface area contributed by atoms with Gasteiger partial charge in [-0.25, -0.2) is 0 Å². The van der Waals surface area contributed by atoms with Crippen molar-refractivity contribution < 1.29 is 0 Å². The second kappa shape index (κ2) is 5.00. The van der Waals surface area contributed by atoms with Gasteiger partial charge < -0.3 is 0 Å². The third-order valence-electron chi connectivity index (χ3n) is 9.27. The van der Waals surface area contributed by atoms with E-state index in [0.29, 0.717) is 5.41 Å². The van der Waals surface area contributed by atoms with Gasteiger partial charge in [0.25, 0.3) is 0 Å². The molecular weight excluding hydrogens is 252 g/mol. The van der Waals surface area contributed by atoms with Gasteiger partial charge in [0.05, 0.1) is 0 Å². The van der Waals surface area contributed by atoms with E-state index in [0.717, 1.165) is 35.0 Å². The predicted octanol–water partition coefficient (Wildman–Crippen LogP) is 6.45. The van der Waals surface area contributed by atoms with Crippen LogP contribution in [0.2, 0.25) is 0 Å². The summed E-state index contributed by atoms with van der Waals surface area (Å²) >= 11 is 0. The summed E-state index contributed by atoms with van der Waals surface area (Å²) < 4.78 is 0. The molecule has 0 nitrogen and oxygen atoms in total. The first-order valence-electron chi connectivity index (χ1n) is 10.1. The molecule has 0 radical (unpaired) electrons. The molecule has 0 heterocycles. The molecule has 4 saturated carbocycles. The fraction of sp³-hybridized carbons (Fsp3) is 1.00. The maximum absolute atomic E-state index is 2.71. The third-order valence-corrected chi connectivity index (χ3v) is 9.27. The standard InChI is InChI=1S/C21H36/c1-4-15-9-11-18-17-10-8-16-7-5-6-13-20(16,2)19(17)12-14-21(15,18)3/h15-19H,4-14H2,1-3H3/t15-,16-,17+,18-,19+,20+,21+/m1/s1. The molecule has 7 atom stereocenters. The molecule has 4 fully saturated rings. The maximum atomic E-state index is 2.71. The summed E-state index contributed by atoms with van der Waals surface area (Å²) in [6.45, 7) is 7.84. The molecular formula is C21H36. The minimum absolute atomic E-state index is 0.716. The van der Waals surface area contributed by atoms with Crippen LogP contribution in [0.4, 0.5) is 0 Å². The molecule has 0 amide bonds. The van der Waals surface area contributed by atoms with Crippen LogP contribution >= 0.6 is 0 Å². The summed E-state index contributed by atoms with van der Waals surface area (Å²) in [6, 6.07) is 0. The highest BCUT2D eigenvalue weighted by molar-refractivity contribution is 5.08. The van der Waals surface area contributed by atoms with E-state index in [1.165, 1.54) is 19.3 Å². The minimum Gasteiger partial charge on any atom is -0.0651 e. The molecule has 0 N–H and O–H groups in total. The lowest BCUT2D eigenvalue weighted by Gasteiger charge is -2.60. The molecule has 0 spiro atoms. The molecule has 4 rings (SSSR count). The van der Waals surface area contributed by atoms with Gasteiger partial charge in [-0.1, -0.05) is 40.0 Å². The van der Waals surface area contributed by atoms with E-state index < -0.39 is 0 Å². The number of hydrogen-bond donors (Lipinski definition) is 0. The van der Waals surface area contributed by atoms with Gasteiger partial charge >= 0.3 is 0 Å². The van der Waals surface area contributed by atoms with Gasteiger partial charge in [-0.2, -0.15) is 0 Å². The zero-order valence-corrected chi connectivity index (χ0v) is 14.7. The summed E-state index contributed by atoms with van der Waals surface area (Å²) in [7, 11) is 0. The average Bonchev–Trinajstić information content (AvgIpc) is 2.83. The Bertz CT molecular complexity index is 399. The molecule has 0 unspecified atom stereocenters. The molecule has 0 bridgehead atoms. The van der Waals surface area contributed by atoms with Gasteiger partial charge in [-0.15, -0.1) is 0 Å². The first kappa shape index (κ1) is 14.6. The molecule has 0 saturated heterocycles. The molecule has 4 aliphatic carbocycles. The van der Waals surface area contributed by atoms with Crippen LogP contribution in [0.1, 0.15) is 91.4 Å². The number of rotatable bonds is 1. The van der Waals surface area contributed by atoms with Crippen molar-refractivity contribution in [1.29, 1.82) is 0 Å². The first-order chi connectivity index (χ1) is 10.1. The predicted molar refractivity (Wildman–Crippen MR) is 90.1 cm³/mol. The van der Waals surface area contributed by atoms with Crippen LogP contribution in [0.3, 0.4) is 0 Å². The monoisotopic (exact) mass is 288 g/mol. The molecule has 4 aliphatic rings. The molecule has 21 heavy (non-hydrogen) atoms. The zero-order chi connectivity index (χ0) is 14.7. The zero-order valence-electron chi connectivity index (χ0n) is 14.7. The summed E-state index contributed by atoms with van der Waals surface area (Å²) in [6.07, 6.45) is 17.0. The largest absolute Gasteiger partial charge is 0.0651 e. The van der Waals surface area contributed by atoms with Crippen LogP contribution in [-0.2, 0) is 0 Å². The second-order valence-corrected chi connectivity index (χ2v) is 9.63. The quantitative estimate of drug-likeness (QED) is 0.520. The van der Waals surface area contributed by atoms with Crippen molar-refractivity contribution in [3.8, 4) is 0 Å². The highest BCUT2D eigenvalue weighted by atomic mass is 14.6. The van der Waals surface area contributed by atoms with Crippen LogP contribution in [0.25, 0.3) is 0 Å². The SMILES string of the molecule is CC[C@@H]1CC[C@@H]2[C@@H]3CC[C@H]4CCCC[C@]4(C)[C@H]3CC[C@@]12C. The minimum atomic E-state index is 0.716. The van der Waals surface area contributed by atoms with Crippen LogP contribution in [-0.4, -0.2) is 0 Å². The van der Waals surface area contributed by atoms with Crippen molar-refractivity contribution in [2.24, 2.45) is 40.4 Å². The topological polar surface area (TPSA) is 0 Å². The molecule has 0 aromatic heterocycles. The van der Waals surface area contributed by atoms with Crippen molar-refractivity contribution in [2.45, 2.75) is 91.4 Å². The van der Waals surface area contributed by atoms with Crippen molar-refractivity contribution in [2.75, 3.05) is 0 Å². The van der Waals surface area contributed by atoms with Crippen LogP contribution < -0.4 is 0 Å². The van der Waals surface area contributed by atoms with Gasteiger partial charge in [0.1, 0.15) is 0 Å². The lowest BCUT2D eigenvalue weighted by atomic mass is 9.45. The summed E-state index contributed by atoms with van der Waals surface area (Å²) in [5.41, 5.74) is 1.45. The summed E-state index contributed by atoms with van der Waals surface area (Å²) in [5, 5.41) is 0. The van der Waals surface area contributed by atoms with E-state index in [9.17, 15) is 0 Å². The number of fused-ring (bicyclic) bond motifs is 5. The fourth-order valence-electron chi connectivity index (χ4n) is 8.07. The Labute approximate surface area is 132 Å². The highest BCUT2D eigenvalue weighted by Crippen LogP contribution is 2.67. The van der Waals surface area contributed by atoms with Crippen LogP contribution in [0.15, 0.2) is 0 Å². The van der Waals surface area contributed by atoms with Crippen LogP contribution in [0, 0.1) is 40.4 Å². The lowest BCUT2D eigenvalue weighted by molar-refractivity contribution is -0.110. The first-order valence-corrected chi connectivity index (χ1v) is 10.1. The average molecular weight is 289 g/mol. The van der Waals surface area contributed by atoms with E-state index in [1.54, 1.807) is 51.4 Å². The van der Waals surface area contributed by atoms with Crippen molar-refractivity contribution in [3.05, 3.63) is 0 Å². The molecule has 0 aliphatic heterocycles. The molecule has 120 valence electrons. The Balaban J connectivity index is 1.62. The van der Waals surface area contributed by atoms with E-state index >= 15 is 0 Å². The number of hydrogen-bond acceptors (Lipinski definition) is 0. The van der Waals surface area contributed by atoms with Gasteiger partial charge in [0, 0.05) is 0 Å². The summed E-state index contributed by atoms with van der Waals surface area (Å²) in [5.74, 6) is 5.39. The van der Waals surface area contributed by atoms with Gasteiger partial charge in [0.2, 0.25) is 0 Å². The van der Waals surface area contributed by atoms with E-state index in [2.05, 4.69) is 20.8 Å². The Morgan fingerprint density at radius 3 is 2.38 bits per heavy atom. The Kier molecular flexibility index (Phi) is 3.47. The molecule has 0 aromatic carbocycles. The fourth-order valence-corrected chi connectivity index (χ4v) is 8.07. The third kappa shape index (κ3) is 1.93. The molecule has 0 heteroatoms. The van der Waals surface area contributed by atoms with E-state index in [-0.39, 0.29) is 0 Å². The van der Waals surface area contributed by atoms with E-state index in [1.807, 2.05) is 0 Å². The normalized spacial score (nSPS) is 56.4. The summed E-state index contributed by atoms with van der Waals surface area (Å²) in [4.78, 5) is 0. The lowest BCUT2D eigenvalue weighted by Crippen LogP contribution is -2.52. The van der Waals surface area contributed by atoms with Gasteiger partial charge in [0.15, 0.2) is 0 Å². The van der Waals surface area contributed by atoms with Gasteiger partial charge in [-0.05, 0) is 91.8 Å². The Hall–Kier alpha value is 0. The van der Waals surface area contributed by atoms with Crippen molar-refractivity contribution in [1.82, 2.24) is 0 Å². The van der Waals surface area contributed by atoms with Crippen molar-refractivity contribution >= 4 is 0 Å². The van der Waals surface area contributed by atoms with Gasteiger partial charge in [-0.3, -0.25) is 0 Å². The maximum Gasteiger partial charge on any atom is -0.0266 e. The van der Waals surface area contributed by atoms with Crippen molar-refractivity contribution in [3.63, 3.8) is 0 Å². The highest BCUT2D eigenvalue weighted by Gasteiger charge is 2.59.